The van der Waals surface area contributed by atoms with Crippen molar-refractivity contribution in [2.45, 2.75) is 6.42 Å². The molecule has 0 atom stereocenters. The van der Waals surface area contributed by atoms with Crippen molar-refractivity contribution >= 4 is 0 Å². The molecular weight excluding hydrogens is 140 g/mol. The van der Waals surface area contributed by atoms with Crippen LogP contribution < -0.4 is 0 Å². The van der Waals surface area contributed by atoms with Gasteiger partial charge in [-0.2, -0.15) is 0 Å². The number of furan rings is 1. The molecule has 1 rings (SSSR count). The molecule has 0 aliphatic rings. The van der Waals surface area contributed by atoms with Crippen LogP contribution in [0.25, 0.3) is 0 Å². The van der Waals surface area contributed by atoms with E-state index in [1.807, 2.05) is 12.1 Å². The monoisotopic (exact) mass is 150 g/mol. The predicted molar refractivity (Wildman–Crippen MR) is 42.1 cm³/mol. The molecule has 0 saturated carbocycles. The van der Waals surface area contributed by atoms with Crippen molar-refractivity contribution in [3.63, 3.8) is 0 Å². The van der Waals surface area contributed by atoms with Gasteiger partial charge in [-0.25, -0.2) is 0 Å². The van der Waals surface area contributed by atoms with Gasteiger partial charge in [0.15, 0.2) is 0 Å². The summed E-state index contributed by atoms with van der Waals surface area (Å²) >= 11 is 0. The minimum Gasteiger partial charge on any atom is -0.469 e. The molecule has 1 heterocycles. The van der Waals surface area contributed by atoms with Gasteiger partial charge in [0.25, 0.3) is 0 Å². The minimum absolute atomic E-state index is 0.376. The van der Waals surface area contributed by atoms with E-state index in [1.165, 1.54) is 0 Å². The molecule has 0 bridgehead atoms. The second-order valence-electron chi connectivity index (χ2n) is 2.09. The van der Waals surface area contributed by atoms with E-state index in [1.54, 1.807) is 6.26 Å². The van der Waals surface area contributed by atoms with Crippen LogP contribution in [-0.4, -0.2) is 13.2 Å². The number of hydrogen-bond acceptors (Lipinski definition) is 2. The third-order valence-electron chi connectivity index (χ3n) is 1.26. The SMILES string of the molecule is C#CCOCCc1ccco1. The average Bonchev–Trinajstić information content (AvgIpc) is 2.50. The van der Waals surface area contributed by atoms with E-state index < -0.39 is 0 Å². The Balaban J connectivity index is 2.10. The van der Waals surface area contributed by atoms with Crippen LogP contribution in [0.5, 0.6) is 0 Å². The quantitative estimate of drug-likeness (QED) is 0.479. The molecular formula is C9H10O2. The highest BCUT2D eigenvalue weighted by Gasteiger charge is 1.93. The summed E-state index contributed by atoms with van der Waals surface area (Å²) in [7, 11) is 0. The van der Waals surface area contributed by atoms with Gasteiger partial charge >= 0.3 is 0 Å². The summed E-state index contributed by atoms with van der Waals surface area (Å²) in [5.74, 6) is 3.33. The maximum absolute atomic E-state index is 5.08. The van der Waals surface area contributed by atoms with Crippen LogP contribution in [0, 0.1) is 12.3 Å². The summed E-state index contributed by atoms with van der Waals surface area (Å²) in [5, 5.41) is 0. The number of terminal acetylenes is 1. The van der Waals surface area contributed by atoms with Gasteiger partial charge in [-0.3, -0.25) is 0 Å². The van der Waals surface area contributed by atoms with Crippen molar-refractivity contribution in [2.24, 2.45) is 0 Å². The molecule has 1 aromatic heterocycles. The van der Waals surface area contributed by atoms with E-state index in [2.05, 4.69) is 5.92 Å². The Morgan fingerprint density at radius 1 is 1.64 bits per heavy atom. The van der Waals surface area contributed by atoms with Crippen LogP contribution in [0.4, 0.5) is 0 Å². The first-order chi connectivity index (χ1) is 5.43. The van der Waals surface area contributed by atoms with E-state index in [4.69, 9.17) is 15.6 Å². The molecule has 0 amide bonds. The summed E-state index contributed by atoms with van der Waals surface area (Å²) in [4.78, 5) is 0. The maximum atomic E-state index is 5.08. The Labute approximate surface area is 66.2 Å². The molecule has 0 aromatic carbocycles. The van der Waals surface area contributed by atoms with Gasteiger partial charge in [0.05, 0.1) is 12.9 Å². The van der Waals surface area contributed by atoms with Crippen molar-refractivity contribution in [3.05, 3.63) is 24.2 Å². The molecule has 0 unspecified atom stereocenters. The zero-order valence-electron chi connectivity index (χ0n) is 6.25. The lowest BCUT2D eigenvalue weighted by Gasteiger charge is -1.95. The Bertz CT molecular complexity index is 218. The van der Waals surface area contributed by atoms with Gasteiger partial charge in [-0.05, 0) is 12.1 Å². The Hall–Kier alpha value is -1.20. The highest BCUT2D eigenvalue weighted by atomic mass is 16.5. The molecule has 0 aliphatic heterocycles. The zero-order chi connectivity index (χ0) is 7.94. The minimum atomic E-state index is 0.376. The molecule has 0 fully saturated rings. The Kier molecular flexibility index (Phi) is 3.30. The summed E-state index contributed by atoms with van der Waals surface area (Å²) in [6.45, 7) is 0.998. The fourth-order valence-electron chi connectivity index (χ4n) is 0.759. The second kappa shape index (κ2) is 4.59. The van der Waals surface area contributed by atoms with Crippen molar-refractivity contribution in [3.8, 4) is 12.3 Å². The topological polar surface area (TPSA) is 22.4 Å². The largest absolute Gasteiger partial charge is 0.469 e. The Morgan fingerprint density at radius 2 is 2.55 bits per heavy atom. The van der Waals surface area contributed by atoms with E-state index in [0.29, 0.717) is 13.2 Å². The van der Waals surface area contributed by atoms with E-state index in [-0.39, 0.29) is 0 Å². The second-order valence-corrected chi connectivity index (χ2v) is 2.09. The van der Waals surface area contributed by atoms with Crippen LogP contribution in [0.1, 0.15) is 5.76 Å². The van der Waals surface area contributed by atoms with E-state index >= 15 is 0 Å². The predicted octanol–water partition coefficient (Wildman–Crippen LogP) is 1.47. The van der Waals surface area contributed by atoms with Crippen LogP contribution in [-0.2, 0) is 11.2 Å². The molecule has 11 heavy (non-hydrogen) atoms. The lowest BCUT2D eigenvalue weighted by Crippen LogP contribution is -1.97. The first-order valence-corrected chi connectivity index (χ1v) is 3.47. The summed E-state index contributed by atoms with van der Waals surface area (Å²) in [6, 6.07) is 3.77. The Morgan fingerprint density at radius 3 is 3.18 bits per heavy atom. The highest BCUT2D eigenvalue weighted by molar-refractivity contribution is 4.97. The van der Waals surface area contributed by atoms with Gasteiger partial charge in [-0.15, -0.1) is 6.42 Å². The number of ether oxygens (including phenoxy) is 1. The maximum Gasteiger partial charge on any atom is 0.107 e. The molecule has 1 aromatic rings. The lowest BCUT2D eigenvalue weighted by molar-refractivity contribution is 0.166. The normalized spacial score (nSPS) is 9.36. The smallest absolute Gasteiger partial charge is 0.107 e. The zero-order valence-corrected chi connectivity index (χ0v) is 6.25. The van der Waals surface area contributed by atoms with Gasteiger partial charge in [0.2, 0.25) is 0 Å². The molecule has 0 radical (unpaired) electrons. The van der Waals surface area contributed by atoms with Crippen molar-refractivity contribution in [1.29, 1.82) is 0 Å². The van der Waals surface area contributed by atoms with Crippen molar-refractivity contribution in [2.75, 3.05) is 13.2 Å². The van der Waals surface area contributed by atoms with Crippen molar-refractivity contribution < 1.29 is 9.15 Å². The molecule has 58 valence electrons. The third-order valence-corrected chi connectivity index (χ3v) is 1.26. The van der Waals surface area contributed by atoms with Crippen LogP contribution in [0.3, 0.4) is 0 Å². The lowest BCUT2D eigenvalue weighted by atomic mass is 10.3. The summed E-state index contributed by atoms with van der Waals surface area (Å²) in [6.07, 6.45) is 7.43. The fourth-order valence-corrected chi connectivity index (χ4v) is 0.759. The standard InChI is InChI=1S/C9H10O2/c1-2-6-10-8-5-9-4-3-7-11-9/h1,3-4,7H,5-6,8H2. The van der Waals surface area contributed by atoms with Gasteiger partial charge in [0.1, 0.15) is 12.4 Å². The first-order valence-electron chi connectivity index (χ1n) is 3.47. The van der Waals surface area contributed by atoms with E-state index in [9.17, 15) is 0 Å². The van der Waals surface area contributed by atoms with Crippen LogP contribution in [0.15, 0.2) is 22.8 Å². The first kappa shape index (κ1) is 7.90. The molecule has 0 spiro atoms. The number of rotatable bonds is 4. The summed E-state index contributed by atoms with van der Waals surface area (Å²) < 4.78 is 10.1. The molecule has 2 heteroatoms. The average molecular weight is 150 g/mol. The molecule has 0 saturated heterocycles. The molecule has 2 nitrogen and oxygen atoms in total. The van der Waals surface area contributed by atoms with Gasteiger partial charge < -0.3 is 9.15 Å². The van der Waals surface area contributed by atoms with E-state index in [0.717, 1.165) is 12.2 Å². The third kappa shape index (κ3) is 2.92. The van der Waals surface area contributed by atoms with Crippen molar-refractivity contribution in [1.82, 2.24) is 0 Å². The molecule has 0 aliphatic carbocycles. The van der Waals surface area contributed by atoms with Crippen LogP contribution >= 0.6 is 0 Å². The fraction of sp³-hybridized carbons (Fsp3) is 0.333. The molecule has 0 N–H and O–H groups in total. The van der Waals surface area contributed by atoms with Gasteiger partial charge in [-0.1, -0.05) is 5.92 Å². The summed E-state index contributed by atoms with van der Waals surface area (Å²) in [5.41, 5.74) is 0. The highest BCUT2D eigenvalue weighted by Crippen LogP contribution is 2.00. The van der Waals surface area contributed by atoms with Crippen LogP contribution in [0.2, 0.25) is 0 Å². The number of hydrogen-bond donors (Lipinski definition) is 0. The van der Waals surface area contributed by atoms with Gasteiger partial charge in [0, 0.05) is 6.42 Å².